The van der Waals surface area contributed by atoms with Crippen molar-refractivity contribution in [3.8, 4) is 5.75 Å². The largest absolute Gasteiger partial charge is 0.507 e. The summed E-state index contributed by atoms with van der Waals surface area (Å²) in [4.78, 5) is 27.1. The van der Waals surface area contributed by atoms with E-state index in [1.165, 1.54) is 24.3 Å². The van der Waals surface area contributed by atoms with Gasteiger partial charge in [0, 0.05) is 22.6 Å². The lowest BCUT2D eigenvalue weighted by molar-refractivity contribution is -0.118. The predicted molar refractivity (Wildman–Crippen MR) is 132 cm³/mol. The summed E-state index contributed by atoms with van der Waals surface area (Å²) in [7, 11) is 0. The fraction of sp³-hybridized carbons (Fsp3) is 0.379. The molecule has 36 heavy (non-hydrogen) atoms. The highest BCUT2D eigenvalue weighted by Crippen LogP contribution is 2.47. The number of halogens is 2. The number of benzene rings is 2. The number of hydrogen-bond donors (Lipinski definition) is 2. The molecule has 0 bridgehead atoms. The molecule has 0 unspecified atom stereocenters. The van der Waals surface area contributed by atoms with Crippen molar-refractivity contribution < 1.29 is 23.8 Å². The normalized spacial score (nSPS) is 22.8. The molecule has 0 amide bonds. The molecule has 7 heteroatoms. The Morgan fingerprint density at radius 2 is 1.64 bits per heavy atom. The fourth-order valence-corrected chi connectivity index (χ4v) is 6.59. The quantitative estimate of drug-likeness (QED) is 0.497. The van der Waals surface area contributed by atoms with Gasteiger partial charge in [-0.05, 0) is 92.3 Å². The first-order chi connectivity index (χ1) is 17.2. The van der Waals surface area contributed by atoms with Crippen molar-refractivity contribution in [3.63, 3.8) is 0 Å². The van der Waals surface area contributed by atoms with Gasteiger partial charge in [-0.15, -0.1) is 0 Å². The first-order valence-corrected chi connectivity index (χ1v) is 12.5. The van der Waals surface area contributed by atoms with E-state index in [9.17, 15) is 28.6 Å². The molecule has 0 fully saturated rings. The van der Waals surface area contributed by atoms with Crippen molar-refractivity contribution in [1.29, 1.82) is 0 Å². The average Bonchev–Trinajstić information content (AvgIpc) is 2.83. The Kier molecular flexibility index (Phi) is 5.11. The Hall–Kier alpha value is -3.48. The van der Waals surface area contributed by atoms with Gasteiger partial charge in [0.15, 0.2) is 5.78 Å². The number of Topliss-reactive ketones (excluding diaryl/α,β-unsaturated/α-hetero) is 1. The highest BCUT2D eigenvalue weighted by Gasteiger charge is 2.41. The molecular formula is C29H27F2NO4. The fourth-order valence-electron chi connectivity index (χ4n) is 6.59. The molecule has 2 aromatic carbocycles. The van der Waals surface area contributed by atoms with Crippen LogP contribution in [-0.2, 0) is 24.1 Å². The first-order valence-electron chi connectivity index (χ1n) is 12.5. The highest BCUT2D eigenvalue weighted by atomic mass is 19.1. The van der Waals surface area contributed by atoms with Crippen molar-refractivity contribution in [3.05, 3.63) is 79.6 Å². The summed E-state index contributed by atoms with van der Waals surface area (Å²) in [5.41, 5.74) is 2.89. The number of aromatic hydroxyl groups is 1. The second-order valence-corrected chi connectivity index (χ2v) is 10.6. The van der Waals surface area contributed by atoms with Gasteiger partial charge >= 0.3 is 0 Å². The molecule has 186 valence electrons. The summed E-state index contributed by atoms with van der Waals surface area (Å²) in [6.45, 7) is 3.90. The topological polar surface area (TPSA) is 79.5 Å². The van der Waals surface area contributed by atoms with Crippen molar-refractivity contribution in [2.24, 2.45) is 5.92 Å². The van der Waals surface area contributed by atoms with Gasteiger partial charge in [0.1, 0.15) is 23.1 Å². The van der Waals surface area contributed by atoms with E-state index in [0.717, 1.165) is 12.0 Å². The Morgan fingerprint density at radius 1 is 0.944 bits per heavy atom. The van der Waals surface area contributed by atoms with Crippen molar-refractivity contribution in [1.82, 2.24) is 4.57 Å². The summed E-state index contributed by atoms with van der Waals surface area (Å²) < 4.78 is 30.3. The maximum atomic E-state index is 14.4. The van der Waals surface area contributed by atoms with Crippen molar-refractivity contribution in [2.45, 2.75) is 64.3 Å². The molecule has 2 heterocycles. The molecule has 1 aliphatic heterocycles. The molecule has 5 nitrogen and oxygen atoms in total. The lowest BCUT2D eigenvalue weighted by Crippen LogP contribution is -2.33. The number of aryl methyl sites for hydroxylation is 2. The summed E-state index contributed by atoms with van der Waals surface area (Å²) in [5.74, 6) is -2.16. The minimum absolute atomic E-state index is 0.00400. The Morgan fingerprint density at radius 3 is 2.42 bits per heavy atom. The van der Waals surface area contributed by atoms with Gasteiger partial charge < -0.3 is 14.8 Å². The summed E-state index contributed by atoms with van der Waals surface area (Å²) >= 11 is 0. The average molecular weight is 492 g/mol. The monoisotopic (exact) mass is 491 g/mol. The first kappa shape index (κ1) is 23.0. The maximum Gasteiger partial charge on any atom is 0.258 e. The Bertz CT molecular complexity index is 1570. The third kappa shape index (κ3) is 3.18. The predicted octanol–water partition coefficient (Wildman–Crippen LogP) is 5.64. The van der Waals surface area contributed by atoms with Crippen LogP contribution in [0, 0.1) is 17.6 Å². The van der Waals surface area contributed by atoms with Gasteiger partial charge in [-0.2, -0.15) is 0 Å². The van der Waals surface area contributed by atoms with Crippen molar-refractivity contribution >= 4 is 22.4 Å². The van der Waals surface area contributed by atoms with Gasteiger partial charge in [0.2, 0.25) is 0 Å². The smallest absolute Gasteiger partial charge is 0.258 e. The Labute approximate surface area is 206 Å². The molecule has 3 aromatic rings. The van der Waals surface area contributed by atoms with E-state index in [4.69, 9.17) is 0 Å². The van der Waals surface area contributed by atoms with Crippen LogP contribution in [0.25, 0.3) is 16.7 Å². The van der Waals surface area contributed by atoms with E-state index in [0.29, 0.717) is 41.5 Å². The lowest BCUT2D eigenvalue weighted by atomic mass is 9.67. The van der Waals surface area contributed by atoms with Crippen LogP contribution in [0.2, 0.25) is 0 Å². The van der Waals surface area contributed by atoms with Gasteiger partial charge in [0.05, 0.1) is 17.0 Å². The minimum atomic E-state index is -0.484. The number of aliphatic hydroxyl groups excluding tert-OH is 1. The maximum absolute atomic E-state index is 14.4. The SMILES string of the molecule is C[C@@H]1CCc2cc(F)cc3c2[C@H]1C(=O)C(CCc1c(O)c2cc(F)cc4c2n(c1=O)[C@@H](C)CC4)=C3O. The molecule has 1 aromatic heterocycles. The number of rotatable bonds is 3. The van der Waals surface area contributed by atoms with Gasteiger partial charge in [-0.1, -0.05) is 6.92 Å². The van der Waals surface area contributed by atoms with Gasteiger partial charge in [-0.3, -0.25) is 9.59 Å². The second-order valence-electron chi connectivity index (χ2n) is 10.6. The van der Waals surface area contributed by atoms with Crippen LogP contribution in [-0.4, -0.2) is 20.6 Å². The number of carbonyl (C=O) groups is 1. The number of nitrogens with zero attached hydrogens (tertiary/aromatic N) is 1. The zero-order valence-corrected chi connectivity index (χ0v) is 20.2. The lowest BCUT2D eigenvalue weighted by Gasteiger charge is -2.36. The third-order valence-electron chi connectivity index (χ3n) is 8.41. The van der Waals surface area contributed by atoms with E-state index in [-0.39, 0.29) is 64.2 Å². The number of aliphatic hydroxyl groups is 1. The van der Waals surface area contributed by atoms with Crippen LogP contribution >= 0.6 is 0 Å². The molecule has 3 atom stereocenters. The van der Waals surface area contributed by atoms with E-state index in [2.05, 4.69) is 0 Å². The molecule has 0 saturated heterocycles. The molecule has 3 aliphatic rings. The summed E-state index contributed by atoms with van der Waals surface area (Å²) in [6.07, 6.45) is 2.66. The van der Waals surface area contributed by atoms with Crippen LogP contribution in [0.1, 0.15) is 72.9 Å². The minimum Gasteiger partial charge on any atom is -0.507 e. The Balaban J connectivity index is 1.47. The third-order valence-corrected chi connectivity index (χ3v) is 8.41. The van der Waals surface area contributed by atoms with E-state index in [1.54, 1.807) is 4.57 Å². The number of allylic oxidation sites excluding steroid dienone is 1. The molecule has 2 aliphatic carbocycles. The standard InChI is InChI=1S/C29H27F2NO4/c1-13-3-5-15-9-17(30)11-21-24(15)23(13)28(35)19(26(21)33)7-8-20-27(34)22-12-18(31)10-16-6-4-14(2)32(25(16)22)29(20)36/h9-14,23,33-34H,3-8H2,1-2H3/t13-,14+,23+/m1/s1. The molecule has 0 spiro atoms. The van der Waals surface area contributed by atoms with Crippen LogP contribution in [0.3, 0.4) is 0 Å². The van der Waals surface area contributed by atoms with E-state index in [1.807, 2.05) is 13.8 Å². The summed E-state index contributed by atoms with van der Waals surface area (Å²) in [6, 6.07) is 5.22. The highest BCUT2D eigenvalue weighted by molar-refractivity contribution is 6.09. The number of ketones is 1. The zero-order chi connectivity index (χ0) is 25.5. The molecule has 0 saturated carbocycles. The van der Waals surface area contributed by atoms with Crippen LogP contribution in [0.4, 0.5) is 8.78 Å². The van der Waals surface area contributed by atoms with Crippen LogP contribution in [0.15, 0.2) is 34.6 Å². The number of carbonyl (C=O) groups excluding carboxylic acids is 1. The van der Waals surface area contributed by atoms with Gasteiger partial charge in [0.25, 0.3) is 5.56 Å². The molecule has 6 rings (SSSR count). The number of pyridine rings is 1. The van der Waals surface area contributed by atoms with Gasteiger partial charge in [-0.25, -0.2) is 8.78 Å². The van der Waals surface area contributed by atoms with E-state index >= 15 is 0 Å². The summed E-state index contributed by atoms with van der Waals surface area (Å²) in [5, 5.41) is 22.4. The zero-order valence-electron chi connectivity index (χ0n) is 20.2. The molecule has 0 radical (unpaired) electrons. The van der Waals surface area contributed by atoms with Crippen LogP contribution in [0.5, 0.6) is 5.75 Å². The van der Waals surface area contributed by atoms with E-state index < -0.39 is 17.6 Å². The number of hydrogen-bond acceptors (Lipinski definition) is 4. The van der Waals surface area contributed by atoms with Crippen molar-refractivity contribution in [2.75, 3.05) is 0 Å². The molecular weight excluding hydrogens is 464 g/mol. The van der Waals surface area contributed by atoms with Crippen LogP contribution < -0.4 is 5.56 Å². The second kappa shape index (κ2) is 8.02. The number of aromatic nitrogens is 1. The molecule has 2 N–H and O–H groups in total.